The van der Waals surface area contributed by atoms with Crippen LogP contribution in [0.1, 0.15) is 19.0 Å². The van der Waals surface area contributed by atoms with Gasteiger partial charge in [-0.05, 0) is 44.5 Å². The largest absolute Gasteiger partial charge is 0.355 e. The summed E-state index contributed by atoms with van der Waals surface area (Å²) in [6.07, 6.45) is 4.23. The smallest absolute Gasteiger partial charge is 0.241 e. The summed E-state index contributed by atoms with van der Waals surface area (Å²) >= 11 is 5.75. The second-order valence-corrected chi connectivity index (χ2v) is 7.82. The lowest BCUT2D eigenvalue weighted by Gasteiger charge is -2.14. The number of hydrogen-bond donors (Lipinski definition) is 2. The zero-order chi connectivity index (χ0) is 18.4. The highest BCUT2D eigenvalue weighted by molar-refractivity contribution is 7.89. The summed E-state index contributed by atoms with van der Waals surface area (Å²) in [6.45, 7) is 4.64. The molecule has 136 valence electrons. The van der Waals surface area contributed by atoms with E-state index in [9.17, 15) is 13.2 Å². The average molecular weight is 385 g/mol. The molecule has 7 nitrogen and oxygen atoms in total. The quantitative estimate of drug-likeness (QED) is 0.677. The molecule has 2 aromatic rings. The Labute approximate surface area is 152 Å². The van der Waals surface area contributed by atoms with Crippen LogP contribution in [0.15, 0.2) is 41.7 Å². The van der Waals surface area contributed by atoms with E-state index in [1.165, 1.54) is 31.2 Å². The SMILES string of the molecule is Cc1cncn1CCCNC(=O)[C@H](C)NS(=O)(=O)c1ccc(Cl)cc1. The number of nitrogens with one attached hydrogen (secondary N) is 2. The van der Waals surface area contributed by atoms with E-state index in [2.05, 4.69) is 15.0 Å². The first-order valence-electron chi connectivity index (χ1n) is 7.82. The van der Waals surface area contributed by atoms with Crippen LogP contribution >= 0.6 is 11.6 Å². The van der Waals surface area contributed by atoms with Crippen molar-refractivity contribution in [2.75, 3.05) is 6.54 Å². The van der Waals surface area contributed by atoms with Crippen molar-refractivity contribution >= 4 is 27.5 Å². The molecule has 0 saturated heterocycles. The fourth-order valence-electron chi connectivity index (χ4n) is 2.20. The molecule has 0 spiro atoms. The van der Waals surface area contributed by atoms with Gasteiger partial charge in [-0.25, -0.2) is 13.4 Å². The fourth-order valence-corrected chi connectivity index (χ4v) is 3.53. The van der Waals surface area contributed by atoms with Crippen molar-refractivity contribution in [3.63, 3.8) is 0 Å². The van der Waals surface area contributed by atoms with Gasteiger partial charge in [0.15, 0.2) is 0 Å². The number of carbonyl (C=O) groups excluding carboxylic acids is 1. The number of hydrogen-bond acceptors (Lipinski definition) is 4. The van der Waals surface area contributed by atoms with Crippen molar-refractivity contribution < 1.29 is 13.2 Å². The second kappa shape index (κ2) is 8.46. The Morgan fingerprint density at radius 3 is 2.60 bits per heavy atom. The lowest BCUT2D eigenvalue weighted by Crippen LogP contribution is -2.45. The van der Waals surface area contributed by atoms with Gasteiger partial charge >= 0.3 is 0 Å². The Kier molecular flexibility index (Phi) is 6.57. The first-order valence-corrected chi connectivity index (χ1v) is 9.68. The highest BCUT2D eigenvalue weighted by Gasteiger charge is 2.21. The van der Waals surface area contributed by atoms with Crippen LogP contribution < -0.4 is 10.0 Å². The second-order valence-electron chi connectivity index (χ2n) is 5.67. The molecule has 0 saturated carbocycles. The van der Waals surface area contributed by atoms with Crippen molar-refractivity contribution in [3.05, 3.63) is 47.5 Å². The van der Waals surface area contributed by atoms with Gasteiger partial charge in [0.25, 0.3) is 0 Å². The number of carbonyl (C=O) groups is 1. The molecule has 0 aliphatic carbocycles. The van der Waals surface area contributed by atoms with Crippen molar-refractivity contribution in [2.24, 2.45) is 0 Å². The van der Waals surface area contributed by atoms with Gasteiger partial charge < -0.3 is 9.88 Å². The standard InChI is InChI=1S/C16H21ClN4O3S/c1-12-10-18-11-21(12)9-3-8-19-16(22)13(2)20-25(23,24)15-6-4-14(17)5-7-15/h4-7,10-11,13,20H,3,8-9H2,1-2H3,(H,19,22)/t13-/m0/s1. The first kappa shape index (κ1) is 19.4. The molecule has 1 aromatic carbocycles. The van der Waals surface area contributed by atoms with E-state index in [0.29, 0.717) is 11.6 Å². The lowest BCUT2D eigenvalue weighted by atomic mass is 10.3. The number of sulfonamides is 1. The molecule has 2 rings (SSSR count). The van der Waals surface area contributed by atoms with Crippen molar-refractivity contribution in [1.29, 1.82) is 0 Å². The van der Waals surface area contributed by atoms with Gasteiger partial charge in [-0.15, -0.1) is 0 Å². The molecule has 1 atom stereocenters. The maximum Gasteiger partial charge on any atom is 0.241 e. The Morgan fingerprint density at radius 2 is 2.00 bits per heavy atom. The molecule has 1 aromatic heterocycles. The molecule has 1 heterocycles. The maximum atomic E-state index is 12.2. The topological polar surface area (TPSA) is 93.1 Å². The number of rotatable bonds is 8. The van der Waals surface area contributed by atoms with Gasteiger partial charge in [0.05, 0.1) is 17.3 Å². The lowest BCUT2D eigenvalue weighted by molar-refractivity contribution is -0.122. The van der Waals surface area contributed by atoms with Crippen LogP contribution in [0.25, 0.3) is 0 Å². The molecule has 25 heavy (non-hydrogen) atoms. The van der Waals surface area contributed by atoms with Crippen LogP contribution in [-0.2, 0) is 21.4 Å². The van der Waals surface area contributed by atoms with Gasteiger partial charge in [0.2, 0.25) is 15.9 Å². The third-order valence-corrected chi connectivity index (χ3v) is 5.45. The van der Waals surface area contributed by atoms with E-state index < -0.39 is 16.1 Å². The van der Waals surface area contributed by atoms with Crippen LogP contribution in [-0.4, -0.2) is 36.5 Å². The predicted molar refractivity (Wildman–Crippen MR) is 95.8 cm³/mol. The number of nitrogens with zero attached hydrogens (tertiary/aromatic N) is 2. The van der Waals surface area contributed by atoms with Gasteiger partial charge in [-0.3, -0.25) is 4.79 Å². The van der Waals surface area contributed by atoms with E-state index in [0.717, 1.165) is 18.7 Å². The van der Waals surface area contributed by atoms with E-state index in [1.54, 1.807) is 12.5 Å². The van der Waals surface area contributed by atoms with Crippen LogP contribution in [0, 0.1) is 6.92 Å². The van der Waals surface area contributed by atoms with E-state index >= 15 is 0 Å². The molecule has 0 bridgehead atoms. The fraction of sp³-hybridized carbons (Fsp3) is 0.375. The summed E-state index contributed by atoms with van der Waals surface area (Å²) in [5.41, 5.74) is 1.05. The third kappa shape index (κ3) is 5.55. The van der Waals surface area contributed by atoms with Crippen LogP contribution in [0.2, 0.25) is 5.02 Å². The molecule has 0 unspecified atom stereocenters. The van der Waals surface area contributed by atoms with Crippen molar-refractivity contribution in [2.45, 2.75) is 37.8 Å². The van der Waals surface area contributed by atoms with Crippen LogP contribution in [0.5, 0.6) is 0 Å². The minimum absolute atomic E-state index is 0.0622. The minimum Gasteiger partial charge on any atom is -0.355 e. The normalized spacial score (nSPS) is 12.8. The third-order valence-electron chi connectivity index (χ3n) is 3.64. The highest BCUT2D eigenvalue weighted by Crippen LogP contribution is 2.14. The summed E-state index contributed by atoms with van der Waals surface area (Å²) in [5, 5.41) is 3.17. The summed E-state index contributed by atoms with van der Waals surface area (Å²) in [4.78, 5) is 16.1. The van der Waals surface area contributed by atoms with Gasteiger partial charge in [-0.1, -0.05) is 11.6 Å². The molecule has 1 amide bonds. The summed E-state index contributed by atoms with van der Waals surface area (Å²) in [7, 11) is -3.77. The number of aryl methyl sites for hydroxylation is 2. The monoisotopic (exact) mass is 384 g/mol. The highest BCUT2D eigenvalue weighted by atomic mass is 35.5. The number of imidazole rings is 1. The number of halogens is 1. The van der Waals surface area contributed by atoms with Gasteiger partial charge in [0, 0.05) is 30.0 Å². The van der Waals surface area contributed by atoms with E-state index in [-0.39, 0.29) is 10.8 Å². The zero-order valence-electron chi connectivity index (χ0n) is 14.1. The Morgan fingerprint density at radius 1 is 1.32 bits per heavy atom. The first-order chi connectivity index (χ1) is 11.8. The van der Waals surface area contributed by atoms with Crippen LogP contribution in [0.3, 0.4) is 0 Å². The molecule has 0 aliphatic rings. The Hall–Kier alpha value is -1.90. The molecule has 2 N–H and O–H groups in total. The number of benzene rings is 1. The molecule has 0 radical (unpaired) electrons. The summed E-state index contributed by atoms with van der Waals surface area (Å²) < 4.78 is 28.8. The average Bonchev–Trinajstić information content (AvgIpc) is 2.96. The minimum atomic E-state index is -3.77. The van der Waals surface area contributed by atoms with Crippen molar-refractivity contribution in [1.82, 2.24) is 19.6 Å². The summed E-state index contributed by atoms with van der Waals surface area (Å²) in [5.74, 6) is -0.375. The van der Waals surface area contributed by atoms with Crippen molar-refractivity contribution in [3.8, 4) is 0 Å². The molecular weight excluding hydrogens is 364 g/mol. The van der Waals surface area contributed by atoms with E-state index in [1.807, 2.05) is 11.5 Å². The van der Waals surface area contributed by atoms with E-state index in [4.69, 9.17) is 11.6 Å². The Bertz CT molecular complexity index is 818. The molecular formula is C16H21ClN4O3S. The maximum absolute atomic E-state index is 12.2. The molecule has 0 fully saturated rings. The summed E-state index contributed by atoms with van der Waals surface area (Å²) in [6, 6.07) is 4.87. The Balaban J connectivity index is 1.81. The predicted octanol–water partition coefficient (Wildman–Crippen LogP) is 1.72. The zero-order valence-corrected chi connectivity index (χ0v) is 15.6. The number of amides is 1. The van der Waals surface area contributed by atoms with Gasteiger partial charge in [-0.2, -0.15) is 4.72 Å². The number of aromatic nitrogens is 2. The van der Waals surface area contributed by atoms with Gasteiger partial charge in [0.1, 0.15) is 0 Å². The molecule has 0 aliphatic heterocycles. The van der Waals surface area contributed by atoms with Crippen LogP contribution in [0.4, 0.5) is 0 Å². The molecule has 9 heteroatoms.